The van der Waals surface area contributed by atoms with Crippen molar-refractivity contribution in [1.29, 1.82) is 0 Å². The quantitative estimate of drug-likeness (QED) is 0.191. The third kappa shape index (κ3) is 14.2. The molecular weight excluding hydrogens is 442 g/mol. The lowest BCUT2D eigenvalue weighted by molar-refractivity contribution is -0.137. The van der Waals surface area contributed by atoms with Crippen LogP contribution in [0.4, 0.5) is 5.69 Å². The predicted octanol–water partition coefficient (Wildman–Crippen LogP) is 6.56. The van der Waals surface area contributed by atoms with E-state index < -0.39 is 16.6 Å². The van der Waals surface area contributed by atoms with Gasteiger partial charge in [-0.3, -0.25) is 18.7 Å². The van der Waals surface area contributed by atoms with Gasteiger partial charge in [0.05, 0.1) is 12.3 Å². The second-order valence-electron chi connectivity index (χ2n) is 8.64. The molecule has 0 saturated carbocycles. The molecule has 7 nitrogen and oxygen atoms in total. The maximum absolute atomic E-state index is 13.1. The predicted molar refractivity (Wildman–Crippen MR) is 137 cm³/mol. The minimum Gasteiger partial charge on any atom is -0.491 e. The van der Waals surface area contributed by atoms with Crippen molar-refractivity contribution < 1.29 is 28.5 Å². The second-order valence-corrected chi connectivity index (χ2v) is 11.0. The Kier molecular flexibility index (Phi) is 14.9. The zero-order chi connectivity index (χ0) is 24.5. The fourth-order valence-electron chi connectivity index (χ4n) is 3.60. The molecule has 0 aliphatic heterocycles. The summed E-state index contributed by atoms with van der Waals surface area (Å²) in [6, 6.07) is 7.44. The van der Waals surface area contributed by atoms with Crippen molar-refractivity contribution in [3.8, 4) is 5.75 Å². The molecule has 0 aliphatic rings. The number of carboxylic acids is 1. The molecule has 0 bridgehead atoms. The fraction of sp³-hybridized carbons (Fsp3) is 0.680. The third-order valence-electron chi connectivity index (χ3n) is 5.41. The molecule has 190 valence electrons. The van der Waals surface area contributed by atoms with Crippen LogP contribution in [-0.2, 0) is 9.59 Å². The van der Waals surface area contributed by atoms with Crippen LogP contribution in [0.25, 0.3) is 0 Å². The molecule has 0 atom stereocenters. The minimum atomic E-state index is -2.48. The molecule has 0 spiro atoms. The number of amides is 1. The summed E-state index contributed by atoms with van der Waals surface area (Å²) in [6.45, 7) is 3.10. The molecule has 0 unspecified atom stereocenters. The van der Waals surface area contributed by atoms with Gasteiger partial charge in [0.1, 0.15) is 5.75 Å². The molecule has 0 radical (unpaired) electrons. The topological polar surface area (TPSA) is 107 Å². The van der Waals surface area contributed by atoms with E-state index in [2.05, 4.69) is 6.92 Å². The smallest absolute Gasteiger partial charge is 0.303 e. The second kappa shape index (κ2) is 16.8. The Morgan fingerprint density at radius 2 is 1.58 bits per heavy atom. The maximum atomic E-state index is 13.1. The summed E-state index contributed by atoms with van der Waals surface area (Å²) in [4.78, 5) is 25.7. The Bertz CT molecular complexity index is 692. The van der Waals surface area contributed by atoms with Gasteiger partial charge in [-0.1, -0.05) is 57.6 Å². The summed E-state index contributed by atoms with van der Waals surface area (Å²) in [5, 5.41) is 8.83. The first-order valence-corrected chi connectivity index (χ1v) is 14.3. The fourth-order valence-corrected chi connectivity index (χ4v) is 4.35. The number of para-hydroxylation sites is 2. The number of hydrogen-bond acceptors (Lipinski definition) is 5. The largest absolute Gasteiger partial charge is 0.491 e. The van der Waals surface area contributed by atoms with Gasteiger partial charge in [0.2, 0.25) is 5.91 Å². The Hall–Kier alpha value is -1.77. The van der Waals surface area contributed by atoms with Gasteiger partial charge >= 0.3 is 5.97 Å². The highest BCUT2D eigenvalue weighted by Crippen LogP contribution is 2.34. The van der Waals surface area contributed by atoms with Crippen molar-refractivity contribution in [3.05, 3.63) is 24.3 Å². The number of hydrogen-bond donors (Lipinski definition) is 3. The van der Waals surface area contributed by atoms with E-state index in [1.54, 1.807) is 4.90 Å². The molecule has 1 aromatic rings. The normalized spacial score (nSPS) is 11.9. The molecule has 1 aromatic carbocycles. The van der Waals surface area contributed by atoms with Crippen LogP contribution in [0.2, 0.25) is 0 Å². The van der Waals surface area contributed by atoms with Crippen LogP contribution >= 0.6 is 10.6 Å². The molecule has 1 amide bonds. The number of anilines is 1. The van der Waals surface area contributed by atoms with Crippen LogP contribution in [0.15, 0.2) is 24.3 Å². The van der Waals surface area contributed by atoms with Crippen LogP contribution < -0.4 is 9.64 Å². The lowest BCUT2D eigenvalue weighted by atomic mass is 10.1. The van der Waals surface area contributed by atoms with Crippen LogP contribution in [0, 0.1) is 0 Å². The van der Waals surface area contributed by atoms with Gasteiger partial charge in [0.25, 0.3) is 0 Å². The van der Waals surface area contributed by atoms with E-state index in [1.165, 1.54) is 25.5 Å². The van der Waals surface area contributed by atoms with E-state index in [1.807, 2.05) is 24.3 Å². The first kappa shape index (κ1) is 29.3. The highest BCUT2D eigenvalue weighted by Gasteiger charge is 2.19. The molecule has 0 aliphatic carbocycles. The summed E-state index contributed by atoms with van der Waals surface area (Å²) < 4.78 is 24.9. The van der Waals surface area contributed by atoms with Gasteiger partial charge < -0.3 is 14.7 Å². The lowest BCUT2D eigenvalue weighted by Crippen LogP contribution is -2.32. The molecule has 0 saturated heterocycles. The molecule has 0 fully saturated rings. The summed E-state index contributed by atoms with van der Waals surface area (Å²) in [5.41, 5.74) is 0.731. The van der Waals surface area contributed by atoms with E-state index in [0.717, 1.165) is 31.4 Å². The first-order chi connectivity index (χ1) is 15.7. The van der Waals surface area contributed by atoms with Crippen molar-refractivity contribution in [3.63, 3.8) is 0 Å². The van der Waals surface area contributed by atoms with Crippen LogP contribution in [0.5, 0.6) is 5.75 Å². The maximum Gasteiger partial charge on any atom is 0.303 e. The SMILES string of the molecule is CCCCCCCCN(C(=O)CCCCCS(C)(O)O)c1ccccc1OCCCC(=O)O. The number of carbonyl (C=O) groups is 2. The van der Waals surface area contributed by atoms with Crippen molar-refractivity contribution in [2.45, 2.75) is 84.0 Å². The number of ether oxygens (including phenoxy) is 1. The van der Waals surface area contributed by atoms with E-state index in [4.69, 9.17) is 9.84 Å². The molecule has 33 heavy (non-hydrogen) atoms. The lowest BCUT2D eigenvalue weighted by Gasteiger charge is -2.27. The summed E-state index contributed by atoms with van der Waals surface area (Å²) in [7, 11) is -2.48. The molecule has 8 heteroatoms. The molecule has 0 aromatic heterocycles. The molecule has 0 heterocycles. The van der Waals surface area contributed by atoms with Gasteiger partial charge in [0, 0.05) is 31.4 Å². The summed E-state index contributed by atoms with van der Waals surface area (Å²) in [5.74, 6) is 0.154. The van der Waals surface area contributed by atoms with Gasteiger partial charge in [0.15, 0.2) is 0 Å². The van der Waals surface area contributed by atoms with E-state index >= 15 is 0 Å². The van der Waals surface area contributed by atoms with E-state index in [-0.39, 0.29) is 18.9 Å². The van der Waals surface area contributed by atoms with Crippen molar-refractivity contribution >= 4 is 28.2 Å². The van der Waals surface area contributed by atoms with Gasteiger partial charge in [-0.05, 0) is 37.8 Å². The molecule has 3 N–H and O–H groups in total. The summed E-state index contributed by atoms with van der Waals surface area (Å²) >= 11 is 0. The van der Waals surface area contributed by atoms with Gasteiger partial charge in [-0.2, -0.15) is 10.6 Å². The van der Waals surface area contributed by atoms with Crippen LogP contribution in [0.1, 0.15) is 84.0 Å². The highest BCUT2D eigenvalue weighted by atomic mass is 32.3. The van der Waals surface area contributed by atoms with Crippen LogP contribution in [-0.4, -0.2) is 51.2 Å². The van der Waals surface area contributed by atoms with E-state index in [9.17, 15) is 18.7 Å². The third-order valence-corrected chi connectivity index (χ3v) is 6.47. The molecular formula is C25H43NO6S. The highest BCUT2D eigenvalue weighted by molar-refractivity contribution is 8.23. The Labute approximate surface area is 200 Å². The van der Waals surface area contributed by atoms with E-state index in [0.29, 0.717) is 43.7 Å². The number of nitrogens with zero attached hydrogens (tertiary/aromatic N) is 1. The number of unbranched alkanes of at least 4 members (excludes halogenated alkanes) is 7. The number of carboxylic acid groups (broad SMARTS) is 1. The summed E-state index contributed by atoms with van der Waals surface area (Å²) in [6.07, 6.45) is 11.2. The first-order valence-electron chi connectivity index (χ1n) is 12.2. The zero-order valence-corrected chi connectivity index (χ0v) is 21.2. The van der Waals surface area contributed by atoms with Crippen molar-refractivity contribution in [2.24, 2.45) is 0 Å². The zero-order valence-electron chi connectivity index (χ0n) is 20.3. The standard InChI is InChI=1S/C25H43NO6S/c1-3-4-5-6-7-12-19-26(24(27)17-9-8-13-21-33(2,30)31)22-15-10-11-16-23(22)32-20-14-18-25(28)29/h10-11,15-16,30-31H,3-9,12-14,17-21H2,1-2H3,(H,28,29). The molecule has 1 rings (SSSR count). The van der Waals surface area contributed by atoms with Crippen molar-refractivity contribution in [2.75, 3.05) is 30.1 Å². The van der Waals surface area contributed by atoms with Gasteiger partial charge in [-0.25, -0.2) is 0 Å². The Balaban J connectivity index is 2.74. The van der Waals surface area contributed by atoms with Crippen LogP contribution in [0.3, 0.4) is 0 Å². The average molecular weight is 486 g/mol. The van der Waals surface area contributed by atoms with Gasteiger partial charge in [-0.15, -0.1) is 0 Å². The number of aliphatic carboxylic acids is 1. The number of rotatable bonds is 19. The minimum absolute atomic E-state index is 0.0354. The monoisotopic (exact) mass is 485 g/mol. The Morgan fingerprint density at radius 3 is 2.27 bits per heavy atom. The Morgan fingerprint density at radius 1 is 0.909 bits per heavy atom. The number of benzene rings is 1. The van der Waals surface area contributed by atoms with Crippen molar-refractivity contribution in [1.82, 2.24) is 0 Å². The number of carbonyl (C=O) groups excluding carboxylic acids is 1. The average Bonchev–Trinajstić information content (AvgIpc) is 2.75.